The van der Waals surface area contributed by atoms with Crippen LogP contribution in [0.2, 0.25) is 0 Å². The van der Waals surface area contributed by atoms with E-state index >= 15 is 0 Å². The van der Waals surface area contributed by atoms with Crippen LogP contribution in [0.3, 0.4) is 0 Å². The van der Waals surface area contributed by atoms with Crippen molar-refractivity contribution < 1.29 is 0 Å². The molecule has 0 unspecified atom stereocenters. The Bertz CT molecular complexity index is 786. The van der Waals surface area contributed by atoms with Crippen LogP contribution in [0.15, 0.2) is 61.1 Å². The van der Waals surface area contributed by atoms with Gasteiger partial charge in [-0.1, -0.05) is 0 Å². The number of hydrogen-bond acceptors (Lipinski definition) is 4. The lowest BCUT2D eigenvalue weighted by atomic mass is 10.2. The lowest BCUT2D eigenvalue weighted by Gasteiger charge is -2.34. The van der Waals surface area contributed by atoms with Crippen molar-refractivity contribution >= 4 is 5.69 Å². The Morgan fingerprint density at radius 2 is 1.42 bits per heavy atom. The van der Waals surface area contributed by atoms with Gasteiger partial charge in [-0.3, -0.25) is 4.98 Å². The first-order valence-electron chi connectivity index (χ1n) is 8.29. The van der Waals surface area contributed by atoms with Crippen molar-refractivity contribution in [2.45, 2.75) is 0 Å². The molecule has 4 rings (SSSR count). The SMILES string of the molecule is CN1CCN(c2ccc(-n3nccc3-c3ccncc3)cc2)CC1. The first kappa shape index (κ1) is 14.9. The normalized spacial score (nSPS) is 15.6. The summed E-state index contributed by atoms with van der Waals surface area (Å²) in [6, 6.07) is 14.7. The van der Waals surface area contributed by atoms with E-state index in [4.69, 9.17) is 0 Å². The topological polar surface area (TPSA) is 37.2 Å². The summed E-state index contributed by atoms with van der Waals surface area (Å²) in [5.41, 5.74) is 4.55. The predicted molar refractivity (Wildman–Crippen MR) is 96.5 cm³/mol. The first-order chi connectivity index (χ1) is 11.8. The highest BCUT2D eigenvalue weighted by molar-refractivity contribution is 5.62. The molecular formula is C19H21N5. The van der Waals surface area contributed by atoms with Gasteiger partial charge in [0.1, 0.15) is 0 Å². The van der Waals surface area contributed by atoms with Gasteiger partial charge in [0.15, 0.2) is 0 Å². The molecule has 5 nitrogen and oxygen atoms in total. The summed E-state index contributed by atoms with van der Waals surface area (Å²) in [6.07, 6.45) is 5.45. The summed E-state index contributed by atoms with van der Waals surface area (Å²) < 4.78 is 1.98. The summed E-state index contributed by atoms with van der Waals surface area (Å²) in [5, 5.41) is 4.49. The molecule has 1 aromatic carbocycles. The van der Waals surface area contributed by atoms with Crippen LogP contribution >= 0.6 is 0 Å². The van der Waals surface area contributed by atoms with Gasteiger partial charge in [-0.25, -0.2) is 4.68 Å². The number of nitrogens with zero attached hydrogens (tertiary/aromatic N) is 5. The summed E-state index contributed by atoms with van der Waals surface area (Å²) in [6.45, 7) is 4.40. The van der Waals surface area contributed by atoms with E-state index in [1.54, 1.807) is 0 Å². The molecule has 2 aromatic heterocycles. The number of anilines is 1. The quantitative estimate of drug-likeness (QED) is 0.744. The average molecular weight is 319 g/mol. The molecule has 0 bridgehead atoms. The third-order valence-corrected chi connectivity index (χ3v) is 4.58. The van der Waals surface area contributed by atoms with Gasteiger partial charge in [-0.05, 0) is 49.5 Å². The molecule has 0 aliphatic carbocycles. The van der Waals surface area contributed by atoms with E-state index in [1.165, 1.54) is 5.69 Å². The van der Waals surface area contributed by atoms with Crippen molar-refractivity contribution in [3.05, 3.63) is 61.1 Å². The zero-order chi connectivity index (χ0) is 16.4. The molecule has 1 fully saturated rings. The highest BCUT2D eigenvalue weighted by Gasteiger charge is 2.14. The van der Waals surface area contributed by atoms with Gasteiger partial charge in [0.25, 0.3) is 0 Å². The minimum Gasteiger partial charge on any atom is -0.369 e. The van der Waals surface area contributed by atoms with Crippen molar-refractivity contribution in [2.24, 2.45) is 0 Å². The number of likely N-dealkylation sites (N-methyl/N-ethyl adjacent to an activating group) is 1. The van der Waals surface area contributed by atoms with Gasteiger partial charge in [-0.2, -0.15) is 5.10 Å². The molecule has 3 heterocycles. The van der Waals surface area contributed by atoms with Crippen molar-refractivity contribution in [3.63, 3.8) is 0 Å². The molecule has 0 radical (unpaired) electrons. The monoisotopic (exact) mass is 319 g/mol. The Labute approximate surface area is 142 Å². The van der Waals surface area contributed by atoms with Gasteiger partial charge < -0.3 is 9.80 Å². The van der Waals surface area contributed by atoms with E-state index in [1.807, 2.05) is 41.5 Å². The van der Waals surface area contributed by atoms with E-state index in [2.05, 4.69) is 51.2 Å². The van der Waals surface area contributed by atoms with Crippen LogP contribution in [0.25, 0.3) is 16.9 Å². The van der Waals surface area contributed by atoms with Crippen molar-refractivity contribution in [2.75, 3.05) is 38.1 Å². The Hall–Kier alpha value is -2.66. The van der Waals surface area contributed by atoms with Crippen LogP contribution in [-0.2, 0) is 0 Å². The van der Waals surface area contributed by atoms with Gasteiger partial charge in [0.05, 0.1) is 17.6 Å². The second-order valence-corrected chi connectivity index (χ2v) is 6.17. The number of hydrogen-bond donors (Lipinski definition) is 0. The minimum atomic E-state index is 1.07. The molecule has 0 atom stereocenters. The van der Waals surface area contributed by atoms with Gasteiger partial charge in [0.2, 0.25) is 0 Å². The van der Waals surface area contributed by atoms with Gasteiger partial charge >= 0.3 is 0 Å². The smallest absolute Gasteiger partial charge is 0.0742 e. The van der Waals surface area contributed by atoms with E-state index in [9.17, 15) is 0 Å². The van der Waals surface area contributed by atoms with E-state index in [-0.39, 0.29) is 0 Å². The summed E-state index contributed by atoms with van der Waals surface area (Å²) in [5.74, 6) is 0. The fourth-order valence-electron chi connectivity index (χ4n) is 3.12. The van der Waals surface area contributed by atoms with Crippen LogP contribution in [0.5, 0.6) is 0 Å². The van der Waals surface area contributed by atoms with Crippen LogP contribution < -0.4 is 4.90 Å². The lowest BCUT2D eigenvalue weighted by molar-refractivity contribution is 0.313. The van der Waals surface area contributed by atoms with E-state index < -0.39 is 0 Å². The van der Waals surface area contributed by atoms with Gasteiger partial charge in [-0.15, -0.1) is 0 Å². The maximum atomic E-state index is 4.49. The largest absolute Gasteiger partial charge is 0.369 e. The molecule has 1 saturated heterocycles. The van der Waals surface area contributed by atoms with E-state index in [0.717, 1.165) is 43.1 Å². The Kier molecular flexibility index (Phi) is 4.01. The Morgan fingerprint density at radius 1 is 0.750 bits per heavy atom. The van der Waals surface area contributed by atoms with Gasteiger partial charge in [0, 0.05) is 49.8 Å². The maximum absolute atomic E-state index is 4.49. The second kappa shape index (κ2) is 6.45. The van der Waals surface area contributed by atoms with Crippen LogP contribution in [-0.4, -0.2) is 52.9 Å². The molecule has 5 heteroatoms. The summed E-state index contributed by atoms with van der Waals surface area (Å²) >= 11 is 0. The standard InChI is InChI=1S/C19H21N5/c1-22-12-14-23(15-13-22)17-2-4-18(5-3-17)24-19(8-11-21-24)16-6-9-20-10-7-16/h2-11H,12-15H2,1H3. The fourth-order valence-corrected chi connectivity index (χ4v) is 3.12. The predicted octanol–water partition coefficient (Wildman–Crippen LogP) is 2.69. The van der Waals surface area contributed by atoms with Crippen molar-refractivity contribution in [1.82, 2.24) is 19.7 Å². The van der Waals surface area contributed by atoms with Crippen LogP contribution in [0.4, 0.5) is 5.69 Å². The molecule has 0 N–H and O–H groups in total. The van der Waals surface area contributed by atoms with E-state index in [0.29, 0.717) is 0 Å². The third-order valence-electron chi connectivity index (χ3n) is 4.58. The molecule has 3 aromatic rings. The lowest BCUT2D eigenvalue weighted by Crippen LogP contribution is -2.44. The number of benzene rings is 1. The number of piperazine rings is 1. The molecule has 122 valence electrons. The third kappa shape index (κ3) is 2.90. The average Bonchev–Trinajstić information content (AvgIpc) is 3.13. The maximum Gasteiger partial charge on any atom is 0.0742 e. The number of aromatic nitrogens is 3. The van der Waals surface area contributed by atoms with Crippen LogP contribution in [0, 0.1) is 0 Å². The van der Waals surface area contributed by atoms with Crippen LogP contribution in [0.1, 0.15) is 0 Å². The highest BCUT2D eigenvalue weighted by Crippen LogP contribution is 2.24. The molecule has 0 saturated carbocycles. The van der Waals surface area contributed by atoms with Crippen molar-refractivity contribution in [3.8, 4) is 16.9 Å². The molecule has 0 spiro atoms. The summed E-state index contributed by atoms with van der Waals surface area (Å²) in [7, 11) is 2.18. The molecule has 1 aliphatic heterocycles. The molecular weight excluding hydrogens is 298 g/mol. The molecule has 1 aliphatic rings. The fraction of sp³-hybridized carbons (Fsp3) is 0.263. The van der Waals surface area contributed by atoms with Crippen molar-refractivity contribution in [1.29, 1.82) is 0 Å². The first-order valence-corrected chi connectivity index (χ1v) is 8.29. The molecule has 0 amide bonds. The number of pyridine rings is 1. The second-order valence-electron chi connectivity index (χ2n) is 6.17. The Balaban J connectivity index is 1.59. The summed E-state index contributed by atoms with van der Waals surface area (Å²) in [4.78, 5) is 8.90. The number of rotatable bonds is 3. The molecule has 24 heavy (non-hydrogen) atoms. The Morgan fingerprint density at radius 3 is 2.12 bits per heavy atom. The zero-order valence-corrected chi connectivity index (χ0v) is 13.8. The minimum absolute atomic E-state index is 1.07. The zero-order valence-electron chi connectivity index (χ0n) is 13.8. The highest BCUT2D eigenvalue weighted by atomic mass is 15.3.